The van der Waals surface area contributed by atoms with Crippen LogP contribution in [0.1, 0.15) is 47.0 Å². The lowest BCUT2D eigenvalue weighted by atomic mass is 9.71. The van der Waals surface area contributed by atoms with Crippen molar-refractivity contribution in [1.29, 1.82) is 0 Å². The fourth-order valence-corrected chi connectivity index (χ4v) is 2.62. The van der Waals surface area contributed by atoms with Crippen molar-refractivity contribution in [3.8, 4) is 0 Å². The third kappa shape index (κ3) is 3.82. The van der Waals surface area contributed by atoms with Gasteiger partial charge in [-0.3, -0.25) is 4.79 Å². The summed E-state index contributed by atoms with van der Waals surface area (Å²) in [5.41, 5.74) is 5.76. The molecule has 3 nitrogen and oxygen atoms in total. The van der Waals surface area contributed by atoms with E-state index in [0.717, 1.165) is 12.8 Å². The number of hydrogen-bond donors (Lipinski definition) is 1. The number of rotatable bonds is 2. The second-order valence-corrected chi connectivity index (χ2v) is 5.76. The van der Waals surface area contributed by atoms with E-state index >= 15 is 0 Å². The van der Waals surface area contributed by atoms with Gasteiger partial charge in [-0.25, -0.2) is 0 Å². The lowest BCUT2D eigenvalue weighted by molar-refractivity contribution is -0.154. The number of carbonyl (C=O) groups excluding carboxylic acids is 1. The lowest BCUT2D eigenvalue weighted by Crippen LogP contribution is -2.38. The van der Waals surface area contributed by atoms with Crippen LogP contribution in [-0.2, 0) is 9.53 Å². The second kappa shape index (κ2) is 4.52. The highest BCUT2D eigenvalue weighted by Crippen LogP contribution is 2.39. The molecule has 3 heteroatoms. The van der Waals surface area contributed by atoms with Crippen LogP contribution in [0.15, 0.2) is 0 Å². The molecule has 15 heavy (non-hydrogen) atoms. The molecular formula is C12H23NO2. The van der Waals surface area contributed by atoms with Crippen LogP contribution < -0.4 is 5.73 Å². The highest BCUT2D eigenvalue weighted by Gasteiger charge is 2.34. The van der Waals surface area contributed by atoms with Gasteiger partial charge in [0.25, 0.3) is 0 Å². The largest absolute Gasteiger partial charge is 0.461 e. The Morgan fingerprint density at radius 3 is 2.53 bits per heavy atom. The first-order valence-corrected chi connectivity index (χ1v) is 5.76. The lowest BCUT2D eigenvalue weighted by Gasteiger charge is -2.38. The minimum Gasteiger partial charge on any atom is -0.461 e. The summed E-state index contributed by atoms with van der Waals surface area (Å²) < 4.78 is 5.39. The van der Waals surface area contributed by atoms with E-state index in [4.69, 9.17) is 10.5 Å². The summed E-state index contributed by atoms with van der Waals surface area (Å²) in [6.45, 7) is 8.35. The Morgan fingerprint density at radius 2 is 2.07 bits per heavy atom. The predicted molar refractivity (Wildman–Crippen MR) is 60.3 cm³/mol. The number of ether oxygens (including phenoxy) is 1. The molecule has 0 aromatic carbocycles. The van der Waals surface area contributed by atoms with Crippen LogP contribution >= 0.6 is 0 Å². The summed E-state index contributed by atoms with van der Waals surface area (Å²) in [6, 6.07) is -0.509. The molecule has 0 aromatic heterocycles. The third-order valence-corrected chi connectivity index (χ3v) is 3.00. The molecule has 1 aliphatic rings. The minimum absolute atomic E-state index is 0.0576. The molecule has 0 bridgehead atoms. The SMILES string of the molecule is CC1CC(OC(=O)[C@H](C)N)CC(C)(C)C1. The fraction of sp³-hybridized carbons (Fsp3) is 0.917. The Labute approximate surface area is 92.4 Å². The molecule has 3 atom stereocenters. The maximum Gasteiger partial charge on any atom is 0.322 e. The summed E-state index contributed by atoms with van der Waals surface area (Å²) in [5.74, 6) is 0.351. The van der Waals surface area contributed by atoms with Gasteiger partial charge >= 0.3 is 5.97 Å². The molecule has 1 saturated carbocycles. The van der Waals surface area contributed by atoms with E-state index < -0.39 is 6.04 Å². The van der Waals surface area contributed by atoms with E-state index in [-0.39, 0.29) is 17.5 Å². The number of nitrogens with two attached hydrogens (primary N) is 1. The molecule has 0 spiro atoms. The average molecular weight is 213 g/mol. The Kier molecular flexibility index (Phi) is 3.77. The summed E-state index contributed by atoms with van der Waals surface area (Å²) in [5, 5.41) is 0. The average Bonchev–Trinajstić information content (AvgIpc) is 1.99. The first-order chi connectivity index (χ1) is 6.80. The van der Waals surface area contributed by atoms with E-state index in [9.17, 15) is 4.79 Å². The van der Waals surface area contributed by atoms with Gasteiger partial charge in [-0.1, -0.05) is 20.8 Å². The molecule has 0 aliphatic heterocycles. The smallest absolute Gasteiger partial charge is 0.322 e. The van der Waals surface area contributed by atoms with Gasteiger partial charge in [0, 0.05) is 0 Å². The van der Waals surface area contributed by atoms with Crippen LogP contribution in [0, 0.1) is 11.3 Å². The van der Waals surface area contributed by atoms with Crippen molar-refractivity contribution in [2.45, 2.75) is 59.1 Å². The van der Waals surface area contributed by atoms with Crippen LogP contribution in [-0.4, -0.2) is 18.1 Å². The molecule has 1 fully saturated rings. The zero-order chi connectivity index (χ0) is 11.6. The Balaban J connectivity index is 2.52. The van der Waals surface area contributed by atoms with E-state index in [1.807, 2.05) is 0 Å². The van der Waals surface area contributed by atoms with Crippen LogP contribution in [0.4, 0.5) is 0 Å². The van der Waals surface area contributed by atoms with Gasteiger partial charge in [0.05, 0.1) is 0 Å². The monoisotopic (exact) mass is 213 g/mol. The molecule has 1 aliphatic carbocycles. The molecule has 0 radical (unpaired) electrons. The second-order valence-electron chi connectivity index (χ2n) is 5.76. The number of hydrogen-bond acceptors (Lipinski definition) is 3. The van der Waals surface area contributed by atoms with Gasteiger partial charge < -0.3 is 10.5 Å². The maximum absolute atomic E-state index is 11.4. The highest BCUT2D eigenvalue weighted by atomic mass is 16.5. The topological polar surface area (TPSA) is 52.3 Å². The van der Waals surface area contributed by atoms with Crippen molar-refractivity contribution >= 4 is 5.97 Å². The van der Waals surface area contributed by atoms with Gasteiger partial charge in [-0.15, -0.1) is 0 Å². The molecule has 1 rings (SSSR count). The normalized spacial score (nSPS) is 32.1. The number of carbonyl (C=O) groups is 1. The van der Waals surface area contributed by atoms with Crippen LogP contribution in [0.2, 0.25) is 0 Å². The van der Waals surface area contributed by atoms with Crippen molar-refractivity contribution < 1.29 is 9.53 Å². The van der Waals surface area contributed by atoms with E-state index in [0.29, 0.717) is 5.92 Å². The fourth-order valence-electron chi connectivity index (χ4n) is 2.62. The van der Waals surface area contributed by atoms with Gasteiger partial charge in [-0.2, -0.15) is 0 Å². The zero-order valence-electron chi connectivity index (χ0n) is 10.2. The van der Waals surface area contributed by atoms with E-state index in [1.54, 1.807) is 6.92 Å². The maximum atomic E-state index is 11.4. The molecule has 2 unspecified atom stereocenters. The highest BCUT2D eigenvalue weighted by molar-refractivity contribution is 5.75. The first-order valence-electron chi connectivity index (χ1n) is 5.76. The summed E-state index contributed by atoms with van der Waals surface area (Å²) in [7, 11) is 0. The molecule has 0 heterocycles. The Morgan fingerprint density at radius 1 is 1.47 bits per heavy atom. The quantitative estimate of drug-likeness (QED) is 0.715. The zero-order valence-corrected chi connectivity index (χ0v) is 10.2. The Hall–Kier alpha value is -0.570. The van der Waals surface area contributed by atoms with Crippen molar-refractivity contribution in [2.75, 3.05) is 0 Å². The van der Waals surface area contributed by atoms with Gasteiger partial charge in [0.15, 0.2) is 0 Å². The molecule has 88 valence electrons. The molecule has 2 N–H and O–H groups in total. The third-order valence-electron chi connectivity index (χ3n) is 3.00. The molecule has 0 amide bonds. The van der Waals surface area contributed by atoms with Crippen molar-refractivity contribution in [2.24, 2.45) is 17.1 Å². The van der Waals surface area contributed by atoms with E-state index in [2.05, 4.69) is 20.8 Å². The van der Waals surface area contributed by atoms with Crippen LogP contribution in [0.3, 0.4) is 0 Å². The molecule has 0 saturated heterocycles. The van der Waals surface area contributed by atoms with Gasteiger partial charge in [-0.05, 0) is 37.5 Å². The number of esters is 1. The van der Waals surface area contributed by atoms with Gasteiger partial charge in [0.2, 0.25) is 0 Å². The van der Waals surface area contributed by atoms with Crippen molar-refractivity contribution in [1.82, 2.24) is 0 Å². The summed E-state index contributed by atoms with van der Waals surface area (Å²) in [6.07, 6.45) is 3.19. The summed E-state index contributed by atoms with van der Waals surface area (Å²) in [4.78, 5) is 11.4. The predicted octanol–water partition coefficient (Wildman–Crippen LogP) is 2.09. The van der Waals surface area contributed by atoms with Crippen molar-refractivity contribution in [3.63, 3.8) is 0 Å². The van der Waals surface area contributed by atoms with E-state index in [1.165, 1.54) is 6.42 Å². The van der Waals surface area contributed by atoms with Crippen LogP contribution in [0.5, 0.6) is 0 Å². The van der Waals surface area contributed by atoms with Crippen molar-refractivity contribution in [3.05, 3.63) is 0 Å². The Bertz CT molecular complexity index is 236. The standard InChI is InChI=1S/C12H23NO2/c1-8-5-10(7-12(3,4)6-8)15-11(14)9(2)13/h8-10H,5-7,13H2,1-4H3/t8?,9-,10?/m0/s1. The molecular weight excluding hydrogens is 190 g/mol. The van der Waals surface area contributed by atoms with Crippen LogP contribution in [0.25, 0.3) is 0 Å². The molecule has 0 aromatic rings. The minimum atomic E-state index is -0.509. The first kappa shape index (κ1) is 12.5. The van der Waals surface area contributed by atoms with Gasteiger partial charge in [0.1, 0.15) is 12.1 Å². The summed E-state index contributed by atoms with van der Waals surface area (Å²) >= 11 is 0.